The maximum absolute atomic E-state index is 12.2. The number of allylic oxidation sites excluding steroid dienone is 1. The summed E-state index contributed by atoms with van der Waals surface area (Å²) in [5.74, 6) is 0.459. The highest BCUT2D eigenvalue weighted by Gasteiger charge is 2.21. The second-order valence-corrected chi connectivity index (χ2v) is 6.42. The van der Waals surface area contributed by atoms with Crippen molar-refractivity contribution in [3.8, 4) is 0 Å². The van der Waals surface area contributed by atoms with Crippen LogP contribution in [0.3, 0.4) is 0 Å². The van der Waals surface area contributed by atoms with Crippen LogP contribution in [0.5, 0.6) is 0 Å². The number of carbonyl (C=O) groups is 1. The van der Waals surface area contributed by atoms with E-state index in [0.29, 0.717) is 24.5 Å². The van der Waals surface area contributed by atoms with E-state index < -0.39 is 6.10 Å². The summed E-state index contributed by atoms with van der Waals surface area (Å²) in [5, 5.41) is 20.3. The van der Waals surface area contributed by atoms with Gasteiger partial charge in [0, 0.05) is 11.6 Å². The van der Waals surface area contributed by atoms with E-state index in [4.69, 9.17) is 5.41 Å². The van der Waals surface area contributed by atoms with Gasteiger partial charge in [-0.15, -0.1) is 0 Å². The summed E-state index contributed by atoms with van der Waals surface area (Å²) < 4.78 is 0. The molecule has 4 heteroatoms. The Labute approximate surface area is 127 Å². The molecule has 4 nitrogen and oxygen atoms in total. The molecule has 0 radical (unpaired) electrons. The van der Waals surface area contributed by atoms with Crippen molar-refractivity contribution in [1.82, 2.24) is 5.32 Å². The van der Waals surface area contributed by atoms with Crippen LogP contribution >= 0.6 is 0 Å². The van der Waals surface area contributed by atoms with E-state index in [2.05, 4.69) is 19.2 Å². The average Bonchev–Trinajstić information content (AvgIpc) is 2.39. The van der Waals surface area contributed by atoms with Crippen molar-refractivity contribution >= 4 is 11.6 Å². The number of hydrogen-bond donors (Lipinski definition) is 3. The van der Waals surface area contributed by atoms with Crippen LogP contribution in [0, 0.1) is 17.2 Å². The van der Waals surface area contributed by atoms with Gasteiger partial charge in [-0.25, -0.2) is 0 Å². The molecule has 2 unspecified atom stereocenters. The average molecular weight is 292 g/mol. The largest absolute Gasteiger partial charge is 0.389 e. The first kappa shape index (κ1) is 17.6. The fraction of sp³-hybridized carbons (Fsp3) is 0.647. The van der Waals surface area contributed by atoms with Crippen molar-refractivity contribution in [2.75, 3.05) is 0 Å². The van der Waals surface area contributed by atoms with Crippen LogP contribution in [-0.2, 0) is 4.79 Å². The number of amides is 1. The van der Waals surface area contributed by atoms with Gasteiger partial charge in [0.2, 0.25) is 5.91 Å². The van der Waals surface area contributed by atoms with E-state index in [9.17, 15) is 9.90 Å². The number of carbonyl (C=O) groups excluding carboxylic acids is 1. The van der Waals surface area contributed by atoms with E-state index in [0.717, 1.165) is 12.0 Å². The van der Waals surface area contributed by atoms with Gasteiger partial charge in [-0.05, 0) is 37.7 Å². The molecule has 3 N–H and O–H groups in total. The fourth-order valence-corrected chi connectivity index (χ4v) is 2.48. The molecular weight excluding hydrogens is 264 g/mol. The molecule has 0 heterocycles. The van der Waals surface area contributed by atoms with E-state index in [1.54, 1.807) is 13.0 Å². The van der Waals surface area contributed by atoms with Crippen molar-refractivity contribution in [2.24, 2.45) is 11.8 Å². The predicted molar refractivity (Wildman–Crippen MR) is 86.4 cm³/mol. The molecule has 0 aromatic rings. The first-order valence-corrected chi connectivity index (χ1v) is 7.70. The fourth-order valence-electron chi connectivity index (χ4n) is 2.48. The summed E-state index contributed by atoms with van der Waals surface area (Å²) in [5.41, 5.74) is 1.52. The third kappa shape index (κ3) is 6.25. The highest BCUT2D eigenvalue weighted by molar-refractivity contribution is 5.90. The second kappa shape index (κ2) is 8.13. The lowest BCUT2D eigenvalue weighted by molar-refractivity contribution is -0.125. The molecule has 0 bridgehead atoms. The lowest BCUT2D eigenvalue weighted by Crippen LogP contribution is -2.42. The van der Waals surface area contributed by atoms with Crippen molar-refractivity contribution in [3.63, 3.8) is 0 Å². The van der Waals surface area contributed by atoms with Gasteiger partial charge in [0.15, 0.2) is 0 Å². The monoisotopic (exact) mass is 292 g/mol. The number of nitrogens with one attached hydrogen (secondary N) is 2. The van der Waals surface area contributed by atoms with Gasteiger partial charge >= 0.3 is 0 Å². The predicted octanol–water partition coefficient (Wildman–Crippen LogP) is 2.83. The second-order valence-electron chi connectivity index (χ2n) is 6.42. The normalized spacial score (nSPS) is 20.9. The summed E-state index contributed by atoms with van der Waals surface area (Å²) in [6, 6.07) is -0.266. The highest BCUT2D eigenvalue weighted by atomic mass is 16.3. The number of hydrogen-bond acceptors (Lipinski definition) is 3. The van der Waals surface area contributed by atoms with Crippen molar-refractivity contribution < 1.29 is 9.90 Å². The first-order chi connectivity index (χ1) is 9.79. The molecule has 0 fully saturated rings. The van der Waals surface area contributed by atoms with Crippen LogP contribution in [0.1, 0.15) is 47.0 Å². The minimum atomic E-state index is -0.408. The van der Waals surface area contributed by atoms with Crippen molar-refractivity contribution in [1.29, 1.82) is 5.41 Å². The zero-order valence-corrected chi connectivity index (χ0v) is 13.5. The van der Waals surface area contributed by atoms with E-state index in [-0.39, 0.29) is 17.9 Å². The van der Waals surface area contributed by atoms with Crippen LogP contribution in [0.15, 0.2) is 23.8 Å². The standard InChI is InChI=1S/C17H28N2O2/c1-11(2)9-12(3)17(21)19-16(13(4)18)10-14-5-7-15(20)8-6-14/h5-7,11-12,15-16,18,20H,8-10H2,1-4H3,(H,19,21)/t12?,15?,16-/m0/s1. The molecule has 0 aliphatic heterocycles. The molecule has 118 valence electrons. The summed E-state index contributed by atoms with van der Waals surface area (Å²) >= 11 is 0. The quantitative estimate of drug-likeness (QED) is 0.631. The van der Waals surface area contributed by atoms with Gasteiger partial charge < -0.3 is 15.8 Å². The zero-order chi connectivity index (χ0) is 16.0. The Balaban J connectivity index is 2.60. The highest BCUT2D eigenvalue weighted by Crippen LogP contribution is 2.17. The Hall–Kier alpha value is -1.42. The molecule has 1 amide bonds. The van der Waals surface area contributed by atoms with E-state index in [1.165, 1.54) is 0 Å². The Morgan fingerprint density at radius 1 is 1.48 bits per heavy atom. The lowest BCUT2D eigenvalue weighted by Gasteiger charge is -2.22. The molecular formula is C17H28N2O2. The molecule has 0 aromatic carbocycles. The molecule has 0 saturated carbocycles. The van der Waals surface area contributed by atoms with Crippen molar-refractivity contribution in [3.05, 3.63) is 23.8 Å². The Bertz CT molecular complexity index is 438. The topological polar surface area (TPSA) is 73.2 Å². The Morgan fingerprint density at radius 2 is 2.14 bits per heavy atom. The number of aliphatic hydroxyl groups is 1. The number of rotatable bonds is 7. The SMILES string of the molecule is CC(=N)[C@H](CC1=CCC(O)C=C1)NC(=O)C(C)CC(C)C. The van der Waals surface area contributed by atoms with E-state index >= 15 is 0 Å². The smallest absolute Gasteiger partial charge is 0.223 e. The lowest BCUT2D eigenvalue weighted by atomic mass is 9.95. The minimum Gasteiger partial charge on any atom is -0.389 e. The molecule has 0 saturated heterocycles. The van der Waals surface area contributed by atoms with Gasteiger partial charge in [-0.2, -0.15) is 0 Å². The van der Waals surface area contributed by atoms with Crippen LogP contribution in [0.2, 0.25) is 0 Å². The Kier molecular flexibility index (Phi) is 6.82. The van der Waals surface area contributed by atoms with Crippen molar-refractivity contribution in [2.45, 2.75) is 59.1 Å². The van der Waals surface area contributed by atoms with Crippen LogP contribution in [0.25, 0.3) is 0 Å². The molecule has 0 aromatic heterocycles. The van der Waals surface area contributed by atoms with E-state index in [1.807, 2.05) is 19.1 Å². The maximum atomic E-state index is 12.2. The third-order valence-electron chi connectivity index (χ3n) is 3.71. The third-order valence-corrected chi connectivity index (χ3v) is 3.71. The zero-order valence-electron chi connectivity index (χ0n) is 13.5. The summed E-state index contributed by atoms with van der Waals surface area (Å²) in [7, 11) is 0. The molecule has 1 aliphatic rings. The van der Waals surface area contributed by atoms with Crippen LogP contribution < -0.4 is 5.32 Å². The number of aliphatic hydroxyl groups excluding tert-OH is 1. The van der Waals surface area contributed by atoms with Crippen LogP contribution in [-0.4, -0.2) is 28.9 Å². The first-order valence-electron chi connectivity index (χ1n) is 7.70. The van der Waals surface area contributed by atoms with Crippen LogP contribution in [0.4, 0.5) is 0 Å². The summed E-state index contributed by atoms with van der Waals surface area (Å²) in [6.07, 6.45) is 7.28. The molecule has 1 rings (SSSR count). The summed E-state index contributed by atoms with van der Waals surface area (Å²) in [4.78, 5) is 12.2. The summed E-state index contributed by atoms with van der Waals surface area (Å²) in [6.45, 7) is 7.86. The molecule has 3 atom stereocenters. The Morgan fingerprint density at radius 3 is 2.62 bits per heavy atom. The van der Waals surface area contributed by atoms with Gasteiger partial charge in [0.1, 0.15) is 0 Å². The van der Waals surface area contributed by atoms with Gasteiger partial charge in [-0.1, -0.05) is 39.0 Å². The minimum absolute atomic E-state index is 0.0146. The molecule has 21 heavy (non-hydrogen) atoms. The van der Waals surface area contributed by atoms with Gasteiger partial charge in [0.25, 0.3) is 0 Å². The van der Waals surface area contributed by atoms with Gasteiger partial charge in [-0.3, -0.25) is 4.79 Å². The molecule has 1 aliphatic carbocycles. The molecule has 0 spiro atoms. The maximum Gasteiger partial charge on any atom is 0.223 e. The van der Waals surface area contributed by atoms with Gasteiger partial charge in [0.05, 0.1) is 12.1 Å².